The van der Waals surface area contributed by atoms with Gasteiger partial charge in [-0.05, 0) is 32.0 Å². The Kier molecular flexibility index (Phi) is 4.65. The van der Waals surface area contributed by atoms with Crippen molar-refractivity contribution in [3.63, 3.8) is 0 Å². The van der Waals surface area contributed by atoms with E-state index >= 15 is 0 Å². The summed E-state index contributed by atoms with van der Waals surface area (Å²) in [4.78, 5) is 11.9. The third kappa shape index (κ3) is 3.65. The van der Waals surface area contributed by atoms with E-state index < -0.39 is 5.54 Å². The lowest BCUT2D eigenvalue weighted by atomic mass is 10.1. The lowest BCUT2D eigenvalue weighted by molar-refractivity contribution is 0.0920. The van der Waals surface area contributed by atoms with E-state index in [2.05, 4.69) is 21.2 Å². The van der Waals surface area contributed by atoms with Gasteiger partial charge in [0, 0.05) is 15.9 Å². The van der Waals surface area contributed by atoms with Gasteiger partial charge in [-0.3, -0.25) is 4.79 Å². The van der Waals surface area contributed by atoms with Crippen LogP contribution in [0.3, 0.4) is 0 Å². The molecule has 0 aliphatic rings. The molecule has 0 bridgehead atoms. The van der Waals surface area contributed by atoms with Gasteiger partial charge in [0.1, 0.15) is 0 Å². The molecule has 1 aromatic carbocycles. The maximum atomic E-state index is 11.9. The number of alkyl halides is 1. The standard InChI is InChI=1S/C11H12BrCl2NO/c1-11(2,6-13)15-10(16)8-5-7(12)3-4-9(8)14/h3-5H,6H2,1-2H3,(H,15,16). The molecule has 0 radical (unpaired) electrons. The molecule has 0 spiro atoms. The highest BCUT2D eigenvalue weighted by molar-refractivity contribution is 9.10. The fraction of sp³-hybridized carbons (Fsp3) is 0.364. The van der Waals surface area contributed by atoms with Crippen molar-refractivity contribution in [2.75, 3.05) is 5.88 Å². The molecule has 16 heavy (non-hydrogen) atoms. The predicted octanol–water partition coefficient (Wildman–Crippen LogP) is 3.85. The van der Waals surface area contributed by atoms with Crippen molar-refractivity contribution in [2.45, 2.75) is 19.4 Å². The van der Waals surface area contributed by atoms with Crippen LogP contribution < -0.4 is 5.32 Å². The summed E-state index contributed by atoms with van der Waals surface area (Å²) in [6.45, 7) is 3.70. The summed E-state index contributed by atoms with van der Waals surface area (Å²) in [5.74, 6) is 0.113. The third-order valence-electron chi connectivity index (χ3n) is 1.96. The van der Waals surface area contributed by atoms with Gasteiger partial charge in [0.2, 0.25) is 0 Å². The molecule has 0 saturated carbocycles. The molecule has 1 aromatic rings. The van der Waals surface area contributed by atoms with Crippen LogP contribution in [0.15, 0.2) is 22.7 Å². The first-order valence-corrected chi connectivity index (χ1v) is 6.40. The van der Waals surface area contributed by atoms with Crippen LogP contribution in [-0.4, -0.2) is 17.3 Å². The summed E-state index contributed by atoms with van der Waals surface area (Å²) in [6.07, 6.45) is 0. The second-order valence-corrected chi connectivity index (χ2v) is 5.69. The number of benzene rings is 1. The van der Waals surface area contributed by atoms with Gasteiger partial charge < -0.3 is 5.32 Å². The highest BCUT2D eigenvalue weighted by atomic mass is 79.9. The van der Waals surface area contributed by atoms with Crippen LogP contribution in [0.2, 0.25) is 5.02 Å². The number of amides is 1. The van der Waals surface area contributed by atoms with Crippen LogP contribution in [0.1, 0.15) is 24.2 Å². The van der Waals surface area contributed by atoms with Crippen molar-refractivity contribution in [3.05, 3.63) is 33.3 Å². The van der Waals surface area contributed by atoms with Gasteiger partial charge in [0.15, 0.2) is 0 Å². The summed E-state index contributed by atoms with van der Waals surface area (Å²) < 4.78 is 0.811. The van der Waals surface area contributed by atoms with Crippen molar-refractivity contribution in [1.29, 1.82) is 0 Å². The first-order valence-electron chi connectivity index (χ1n) is 4.69. The van der Waals surface area contributed by atoms with Gasteiger partial charge in [-0.15, -0.1) is 11.6 Å². The van der Waals surface area contributed by atoms with E-state index in [1.807, 2.05) is 13.8 Å². The van der Waals surface area contributed by atoms with E-state index in [4.69, 9.17) is 23.2 Å². The molecule has 1 N–H and O–H groups in total. The molecule has 0 heterocycles. The maximum Gasteiger partial charge on any atom is 0.253 e. The lowest BCUT2D eigenvalue weighted by Gasteiger charge is -2.23. The van der Waals surface area contributed by atoms with Crippen LogP contribution in [0.25, 0.3) is 0 Å². The Balaban J connectivity index is 2.93. The average Bonchev–Trinajstić information content (AvgIpc) is 2.21. The zero-order chi connectivity index (χ0) is 12.3. The molecule has 0 fully saturated rings. The fourth-order valence-electron chi connectivity index (χ4n) is 1.08. The van der Waals surface area contributed by atoms with Gasteiger partial charge in [-0.2, -0.15) is 0 Å². The summed E-state index contributed by atoms with van der Waals surface area (Å²) in [5.41, 5.74) is -0.0150. The van der Waals surface area contributed by atoms with E-state index in [0.29, 0.717) is 16.5 Å². The molecule has 5 heteroatoms. The Hall–Kier alpha value is -0.250. The van der Waals surface area contributed by atoms with E-state index in [1.165, 1.54) is 0 Å². The van der Waals surface area contributed by atoms with Crippen LogP contribution in [0.4, 0.5) is 0 Å². The number of rotatable bonds is 3. The smallest absolute Gasteiger partial charge is 0.253 e. The second kappa shape index (κ2) is 5.39. The number of halogens is 3. The number of hydrogen-bond acceptors (Lipinski definition) is 1. The van der Waals surface area contributed by atoms with E-state index in [-0.39, 0.29) is 5.91 Å². The van der Waals surface area contributed by atoms with Gasteiger partial charge in [0.05, 0.1) is 10.6 Å². The largest absolute Gasteiger partial charge is 0.346 e. The summed E-state index contributed by atoms with van der Waals surface area (Å²) >= 11 is 15.0. The van der Waals surface area contributed by atoms with E-state index in [9.17, 15) is 4.79 Å². The van der Waals surface area contributed by atoms with Gasteiger partial charge in [-0.25, -0.2) is 0 Å². The topological polar surface area (TPSA) is 29.1 Å². The quantitative estimate of drug-likeness (QED) is 0.841. The highest BCUT2D eigenvalue weighted by Gasteiger charge is 2.21. The molecule has 2 nitrogen and oxygen atoms in total. The predicted molar refractivity (Wildman–Crippen MR) is 71.4 cm³/mol. The summed E-state index contributed by atoms with van der Waals surface area (Å²) in [6, 6.07) is 5.14. The van der Waals surface area contributed by atoms with Crippen LogP contribution in [0, 0.1) is 0 Å². The van der Waals surface area contributed by atoms with Crippen LogP contribution >= 0.6 is 39.1 Å². The monoisotopic (exact) mass is 323 g/mol. The number of hydrogen-bond donors (Lipinski definition) is 1. The van der Waals surface area contributed by atoms with Crippen LogP contribution in [-0.2, 0) is 0 Å². The molecular formula is C11H12BrCl2NO. The van der Waals surface area contributed by atoms with Crippen molar-refractivity contribution in [2.24, 2.45) is 0 Å². The zero-order valence-corrected chi connectivity index (χ0v) is 12.1. The summed E-state index contributed by atoms with van der Waals surface area (Å²) in [7, 11) is 0. The molecule has 0 unspecified atom stereocenters. The van der Waals surface area contributed by atoms with Gasteiger partial charge >= 0.3 is 0 Å². The molecule has 0 aliphatic heterocycles. The normalized spacial score (nSPS) is 11.3. The molecule has 0 atom stereocenters. The SMILES string of the molecule is CC(C)(CCl)NC(=O)c1cc(Br)ccc1Cl. The first-order chi connectivity index (χ1) is 7.35. The number of nitrogens with one attached hydrogen (secondary N) is 1. The molecule has 0 aliphatic carbocycles. The lowest BCUT2D eigenvalue weighted by Crippen LogP contribution is -2.45. The minimum Gasteiger partial charge on any atom is -0.346 e. The minimum atomic E-state index is -0.454. The van der Waals surface area contributed by atoms with Crippen molar-refractivity contribution >= 4 is 45.0 Å². The molecule has 0 aromatic heterocycles. The molecule has 88 valence electrons. The Morgan fingerprint density at radius 1 is 1.50 bits per heavy atom. The Morgan fingerprint density at radius 2 is 2.12 bits per heavy atom. The third-order valence-corrected chi connectivity index (χ3v) is 3.45. The maximum absolute atomic E-state index is 11.9. The van der Waals surface area contributed by atoms with Crippen LogP contribution in [0.5, 0.6) is 0 Å². The van der Waals surface area contributed by atoms with E-state index in [1.54, 1.807) is 18.2 Å². The Bertz CT molecular complexity index is 407. The summed E-state index contributed by atoms with van der Waals surface area (Å²) in [5, 5.41) is 3.24. The second-order valence-electron chi connectivity index (χ2n) is 4.10. The Labute approximate surface area is 113 Å². The zero-order valence-electron chi connectivity index (χ0n) is 8.98. The highest BCUT2D eigenvalue weighted by Crippen LogP contribution is 2.21. The molecule has 0 saturated heterocycles. The van der Waals surface area contributed by atoms with Gasteiger partial charge in [0.25, 0.3) is 5.91 Å². The Morgan fingerprint density at radius 3 is 2.69 bits per heavy atom. The van der Waals surface area contributed by atoms with Crippen molar-refractivity contribution in [1.82, 2.24) is 5.32 Å². The molecule has 1 amide bonds. The molecule has 1 rings (SSSR count). The minimum absolute atomic E-state index is 0.225. The van der Waals surface area contributed by atoms with Crippen molar-refractivity contribution in [3.8, 4) is 0 Å². The number of carbonyl (C=O) groups is 1. The number of carbonyl (C=O) groups excluding carboxylic acids is 1. The van der Waals surface area contributed by atoms with E-state index in [0.717, 1.165) is 4.47 Å². The fourth-order valence-corrected chi connectivity index (χ4v) is 1.71. The average molecular weight is 325 g/mol. The van der Waals surface area contributed by atoms with Gasteiger partial charge in [-0.1, -0.05) is 27.5 Å². The molecular weight excluding hydrogens is 313 g/mol. The van der Waals surface area contributed by atoms with Crippen molar-refractivity contribution < 1.29 is 4.79 Å². The first kappa shape index (κ1) is 13.8.